The van der Waals surface area contributed by atoms with Crippen LogP contribution in [0.3, 0.4) is 0 Å². The maximum atomic E-state index is 10.8. The Hall–Kier alpha value is -1.62. The number of ether oxygens (including phenoxy) is 1. The molecule has 0 amide bonds. The van der Waals surface area contributed by atoms with Crippen molar-refractivity contribution in [2.24, 2.45) is 0 Å². The van der Waals surface area contributed by atoms with Crippen LogP contribution in [0.2, 0.25) is 0 Å². The molecule has 15 heavy (non-hydrogen) atoms. The fraction of sp³-hybridized carbons (Fsp3) is 0.400. The quantitative estimate of drug-likeness (QED) is 0.605. The average Bonchev–Trinajstić information content (AvgIpc) is 2.15. The molecule has 0 aliphatic rings. The van der Waals surface area contributed by atoms with Crippen LogP contribution in [0.4, 0.5) is 5.69 Å². The van der Waals surface area contributed by atoms with Gasteiger partial charge in [0.25, 0.3) is 0 Å². The summed E-state index contributed by atoms with van der Waals surface area (Å²) < 4.78 is 4.91. The summed E-state index contributed by atoms with van der Waals surface area (Å²) in [5.41, 5.74) is 0.412. The van der Waals surface area contributed by atoms with E-state index in [1.807, 2.05) is 0 Å². The second kappa shape index (κ2) is 4.75. The van der Waals surface area contributed by atoms with E-state index in [4.69, 9.17) is 4.74 Å². The van der Waals surface area contributed by atoms with Crippen LogP contribution >= 0.6 is 0 Å². The van der Waals surface area contributed by atoms with Crippen LogP contribution in [0.15, 0.2) is 18.2 Å². The Kier molecular flexibility index (Phi) is 3.62. The van der Waals surface area contributed by atoms with Crippen LogP contribution in [0, 0.1) is 10.1 Å². The van der Waals surface area contributed by atoms with E-state index in [1.54, 1.807) is 19.1 Å². The van der Waals surface area contributed by atoms with Crippen molar-refractivity contribution in [3.8, 4) is 5.75 Å². The van der Waals surface area contributed by atoms with Gasteiger partial charge in [0, 0.05) is 12.0 Å². The Bertz CT molecular complexity index is 362. The van der Waals surface area contributed by atoms with Crippen LogP contribution in [-0.2, 0) is 6.42 Å². The second-order valence-corrected chi connectivity index (χ2v) is 3.28. The van der Waals surface area contributed by atoms with Gasteiger partial charge in [-0.25, -0.2) is 0 Å². The van der Waals surface area contributed by atoms with Crippen LogP contribution in [0.25, 0.3) is 0 Å². The number of aliphatic hydroxyl groups excluding tert-OH is 1. The van der Waals surface area contributed by atoms with Crippen molar-refractivity contribution < 1.29 is 14.8 Å². The fourth-order valence-corrected chi connectivity index (χ4v) is 1.42. The summed E-state index contributed by atoms with van der Waals surface area (Å²) >= 11 is 0. The molecular formula is C10H13NO4. The first kappa shape index (κ1) is 11.5. The van der Waals surface area contributed by atoms with Crippen molar-refractivity contribution in [1.82, 2.24) is 0 Å². The number of nitro benzene ring substituents is 1. The fourth-order valence-electron chi connectivity index (χ4n) is 1.42. The first-order chi connectivity index (χ1) is 7.06. The van der Waals surface area contributed by atoms with Gasteiger partial charge in [-0.05, 0) is 13.0 Å². The topological polar surface area (TPSA) is 72.6 Å². The highest BCUT2D eigenvalue weighted by atomic mass is 16.6. The van der Waals surface area contributed by atoms with Gasteiger partial charge >= 0.3 is 5.69 Å². The van der Waals surface area contributed by atoms with E-state index < -0.39 is 11.0 Å². The molecule has 1 unspecified atom stereocenters. The van der Waals surface area contributed by atoms with E-state index in [1.165, 1.54) is 13.2 Å². The Balaban J connectivity index is 3.19. The number of benzene rings is 1. The molecule has 1 aromatic carbocycles. The van der Waals surface area contributed by atoms with Crippen molar-refractivity contribution >= 4 is 5.69 Å². The zero-order valence-electron chi connectivity index (χ0n) is 8.64. The zero-order chi connectivity index (χ0) is 11.4. The largest absolute Gasteiger partial charge is 0.490 e. The molecule has 0 aliphatic heterocycles. The number of rotatable bonds is 4. The molecule has 0 saturated carbocycles. The number of methoxy groups -OCH3 is 1. The van der Waals surface area contributed by atoms with Gasteiger partial charge in [0.2, 0.25) is 0 Å². The third-order valence-corrected chi connectivity index (χ3v) is 2.00. The minimum atomic E-state index is -0.615. The molecule has 82 valence electrons. The molecule has 1 N–H and O–H groups in total. The molecule has 0 radical (unpaired) electrons. The monoisotopic (exact) mass is 211 g/mol. The SMILES string of the molecule is COc1cccc(CC(C)O)c1[N+](=O)[O-]. The molecule has 5 nitrogen and oxygen atoms in total. The summed E-state index contributed by atoms with van der Waals surface area (Å²) in [5.74, 6) is 0.221. The minimum absolute atomic E-state index is 0.0686. The average molecular weight is 211 g/mol. The first-order valence-corrected chi connectivity index (χ1v) is 4.54. The van der Waals surface area contributed by atoms with E-state index in [9.17, 15) is 15.2 Å². The molecule has 1 aromatic rings. The van der Waals surface area contributed by atoms with Gasteiger partial charge in [-0.15, -0.1) is 0 Å². The molecule has 0 aliphatic carbocycles. The molecule has 0 aromatic heterocycles. The lowest BCUT2D eigenvalue weighted by atomic mass is 10.1. The van der Waals surface area contributed by atoms with Crippen molar-refractivity contribution in [1.29, 1.82) is 0 Å². The molecule has 0 saturated heterocycles. The number of hydrogen-bond acceptors (Lipinski definition) is 4. The minimum Gasteiger partial charge on any atom is -0.490 e. The predicted molar refractivity (Wildman–Crippen MR) is 55.0 cm³/mol. The van der Waals surface area contributed by atoms with Gasteiger partial charge in [0.05, 0.1) is 18.1 Å². The van der Waals surface area contributed by atoms with Crippen molar-refractivity contribution in [3.05, 3.63) is 33.9 Å². The number of nitro groups is 1. The third-order valence-electron chi connectivity index (χ3n) is 2.00. The van der Waals surface area contributed by atoms with Gasteiger partial charge in [-0.3, -0.25) is 10.1 Å². The maximum absolute atomic E-state index is 10.8. The lowest BCUT2D eigenvalue weighted by Crippen LogP contribution is -2.07. The molecule has 0 heterocycles. The highest BCUT2D eigenvalue weighted by Crippen LogP contribution is 2.31. The Morgan fingerprint density at radius 2 is 2.27 bits per heavy atom. The number of para-hydroxylation sites is 1. The van der Waals surface area contributed by atoms with Crippen molar-refractivity contribution in [2.45, 2.75) is 19.4 Å². The van der Waals surface area contributed by atoms with E-state index in [-0.39, 0.29) is 17.9 Å². The highest BCUT2D eigenvalue weighted by molar-refractivity contribution is 5.52. The highest BCUT2D eigenvalue weighted by Gasteiger charge is 2.20. The van der Waals surface area contributed by atoms with E-state index in [0.29, 0.717) is 5.56 Å². The first-order valence-electron chi connectivity index (χ1n) is 4.54. The van der Waals surface area contributed by atoms with Gasteiger partial charge in [-0.1, -0.05) is 12.1 Å². The van der Waals surface area contributed by atoms with E-state index in [2.05, 4.69) is 0 Å². The van der Waals surface area contributed by atoms with Crippen LogP contribution in [0.1, 0.15) is 12.5 Å². The van der Waals surface area contributed by atoms with Gasteiger partial charge < -0.3 is 9.84 Å². The molecule has 1 atom stereocenters. The standard InChI is InChI=1S/C10H13NO4/c1-7(12)6-8-4-3-5-9(15-2)10(8)11(13)14/h3-5,7,12H,6H2,1-2H3. The van der Waals surface area contributed by atoms with Crippen LogP contribution in [-0.4, -0.2) is 23.2 Å². The summed E-state index contributed by atoms with van der Waals surface area (Å²) in [5, 5.41) is 20.0. The summed E-state index contributed by atoms with van der Waals surface area (Å²) in [4.78, 5) is 10.3. The summed E-state index contributed by atoms with van der Waals surface area (Å²) in [6.45, 7) is 1.59. The van der Waals surface area contributed by atoms with Crippen LogP contribution in [0.5, 0.6) is 5.75 Å². The van der Waals surface area contributed by atoms with Gasteiger partial charge in [-0.2, -0.15) is 0 Å². The summed E-state index contributed by atoms with van der Waals surface area (Å²) in [7, 11) is 1.38. The molecule has 1 rings (SSSR count). The van der Waals surface area contributed by atoms with Crippen LogP contribution < -0.4 is 4.74 Å². The summed E-state index contributed by atoms with van der Waals surface area (Å²) in [6, 6.07) is 4.82. The molecule has 0 fully saturated rings. The predicted octanol–water partition coefficient (Wildman–Crippen LogP) is 1.53. The van der Waals surface area contributed by atoms with Gasteiger partial charge in [0.15, 0.2) is 5.75 Å². The molecule has 0 spiro atoms. The normalized spacial score (nSPS) is 12.2. The Labute approximate surface area is 87.5 Å². The molecule has 0 bridgehead atoms. The van der Waals surface area contributed by atoms with Crippen molar-refractivity contribution in [3.63, 3.8) is 0 Å². The maximum Gasteiger partial charge on any atom is 0.314 e. The Morgan fingerprint density at radius 3 is 2.73 bits per heavy atom. The lowest BCUT2D eigenvalue weighted by molar-refractivity contribution is -0.386. The van der Waals surface area contributed by atoms with Gasteiger partial charge in [0.1, 0.15) is 0 Å². The number of hydrogen-bond donors (Lipinski definition) is 1. The second-order valence-electron chi connectivity index (χ2n) is 3.28. The number of aliphatic hydroxyl groups is 1. The summed E-state index contributed by atoms with van der Waals surface area (Å²) in [6.07, 6.45) is -0.371. The lowest BCUT2D eigenvalue weighted by Gasteiger charge is -2.08. The zero-order valence-corrected chi connectivity index (χ0v) is 8.64. The van der Waals surface area contributed by atoms with E-state index in [0.717, 1.165) is 0 Å². The molecular weight excluding hydrogens is 198 g/mol. The van der Waals surface area contributed by atoms with E-state index >= 15 is 0 Å². The Morgan fingerprint density at radius 1 is 1.60 bits per heavy atom. The third kappa shape index (κ3) is 2.66. The molecule has 5 heteroatoms. The van der Waals surface area contributed by atoms with Crippen molar-refractivity contribution in [2.75, 3.05) is 7.11 Å². The number of nitrogens with zero attached hydrogens (tertiary/aromatic N) is 1. The smallest absolute Gasteiger partial charge is 0.314 e.